The summed E-state index contributed by atoms with van der Waals surface area (Å²) in [6.45, 7) is 7.93. The van der Waals surface area contributed by atoms with Crippen LogP contribution in [0.15, 0.2) is 48.5 Å². The van der Waals surface area contributed by atoms with Crippen LogP contribution in [0.3, 0.4) is 0 Å². The fourth-order valence-corrected chi connectivity index (χ4v) is 5.38. The molecule has 2 aromatic carbocycles. The lowest BCUT2D eigenvalue weighted by atomic mass is 10.0. The van der Waals surface area contributed by atoms with Gasteiger partial charge in [0.15, 0.2) is 17.2 Å². The highest BCUT2D eigenvalue weighted by Crippen LogP contribution is 2.32. The number of aryl methyl sites for hydroxylation is 1. The molecule has 10 nitrogen and oxygen atoms in total. The number of hydrogen-bond acceptors (Lipinski definition) is 9. The van der Waals surface area contributed by atoms with Crippen molar-refractivity contribution < 1.29 is 9.90 Å². The Bertz CT molecular complexity index is 1730. The summed E-state index contributed by atoms with van der Waals surface area (Å²) in [5.41, 5.74) is 5.04. The molecule has 0 saturated carbocycles. The third kappa shape index (κ3) is 5.56. The van der Waals surface area contributed by atoms with Crippen molar-refractivity contribution >= 4 is 45.8 Å². The Balaban J connectivity index is 1.48. The zero-order valence-electron chi connectivity index (χ0n) is 22.8. The summed E-state index contributed by atoms with van der Waals surface area (Å²) >= 11 is 5.93. The first-order valence-electron chi connectivity index (χ1n) is 13.1. The number of carbonyl (C=O) groups is 1. The number of rotatable bonds is 6. The van der Waals surface area contributed by atoms with Crippen molar-refractivity contribution in [1.29, 1.82) is 10.5 Å². The van der Waals surface area contributed by atoms with Crippen molar-refractivity contribution in [3.8, 4) is 12.1 Å². The minimum Gasteiger partial charge on any atom is -0.476 e. The molecule has 206 valence electrons. The van der Waals surface area contributed by atoms with Gasteiger partial charge in [-0.15, -0.1) is 0 Å². The number of aromatic carboxylic acids is 1. The topological polar surface area (TPSA) is 142 Å². The Hall–Kier alpha value is -4.93. The third-order valence-corrected chi connectivity index (χ3v) is 7.40. The average molecular weight is 567 g/mol. The average Bonchev–Trinajstić information content (AvgIpc) is 2.96. The van der Waals surface area contributed by atoms with Gasteiger partial charge in [-0.25, -0.2) is 19.7 Å². The Labute approximate surface area is 242 Å². The normalized spacial score (nSPS) is 15.7. The highest BCUT2D eigenvalue weighted by Gasteiger charge is 2.28. The second-order valence-electron chi connectivity index (χ2n) is 10.1. The fourth-order valence-electron chi connectivity index (χ4n) is 5.24. The van der Waals surface area contributed by atoms with Gasteiger partial charge in [0, 0.05) is 36.9 Å². The van der Waals surface area contributed by atoms with Gasteiger partial charge in [0.1, 0.15) is 11.2 Å². The summed E-state index contributed by atoms with van der Waals surface area (Å²) in [5, 5.41) is 32.1. The lowest BCUT2D eigenvalue weighted by Crippen LogP contribution is -2.52. The molecular weight excluding hydrogens is 540 g/mol. The number of nitrogens with zero attached hydrogens (tertiary/aromatic N) is 7. The Kier molecular flexibility index (Phi) is 7.60. The van der Waals surface area contributed by atoms with Gasteiger partial charge in [-0.05, 0) is 68.8 Å². The van der Waals surface area contributed by atoms with Crippen LogP contribution in [0.5, 0.6) is 0 Å². The minimum atomic E-state index is -1.19. The minimum absolute atomic E-state index is 0.0923. The molecule has 1 fully saturated rings. The summed E-state index contributed by atoms with van der Waals surface area (Å²) in [6, 6.07) is 18.7. The van der Waals surface area contributed by atoms with E-state index in [4.69, 9.17) is 26.8 Å². The Morgan fingerprint density at radius 2 is 1.85 bits per heavy atom. The van der Waals surface area contributed by atoms with Crippen LogP contribution < -0.4 is 15.1 Å². The summed E-state index contributed by atoms with van der Waals surface area (Å²) in [5.74, 6) is -0.672. The van der Waals surface area contributed by atoms with Crippen LogP contribution in [-0.4, -0.2) is 51.7 Å². The van der Waals surface area contributed by atoms with Crippen LogP contribution in [0.2, 0.25) is 5.15 Å². The first-order chi connectivity index (χ1) is 19.7. The maximum absolute atomic E-state index is 11.8. The van der Waals surface area contributed by atoms with E-state index in [2.05, 4.69) is 39.2 Å². The van der Waals surface area contributed by atoms with Crippen LogP contribution in [0.1, 0.15) is 52.8 Å². The number of halogens is 1. The fraction of sp³-hybridized carbons (Fsp3) is 0.267. The van der Waals surface area contributed by atoms with E-state index in [0.717, 1.165) is 16.8 Å². The maximum Gasteiger partial charge on any atom is 0.356 e. The molecule has 1 aliphatic rings. The lowest BCUT2D eigenvalue weighted by Gasteiger charge is -2.42. The Morgan fingerprint density at radius 1 is 1.10 bits per heavy atom. The standard InChI is InChI=1S/C30H27ClN8O2/c1-17-12-22(19(3)34-23-8-9-26(31)36-28(23)30(40)41)27-24(13-17)35-25(15-33)29(37-27)38-10-11-39(18(2)16-38)21-6-4-20(14-32)5-7-21/h4-9,12-13,18-19,34H,10-11,16H2,1-3H3,(H,40,41)/t18?,19-/m1/s1. The first-order valence-corrected chi connectivity index (χ1v) is 13.5. The van der Waals surface area contributed by atoms with Crippen LogP contribution in [0.25, 0.3) is 11.0 Å². The molecule has 0 bridgehead atoms. The molecule has 0 amide bonds. The number of benzene rings is 2. The number of piperazine rings is 1. The first kappa shape index (κ1) is 27.6. The van der Waals surface area contributed by atoms with E-state index in [1.807, 2.05) is 50.2 Å². The molecule has 1 unspecified atom stereocenters. The molecule has 0 spiro atoms. The van der Waals surface area contributed by atoms with Crippen LogP contribution in [0, 0.1) is 29.6 Å². The molecule has 2 N–H and O–H groups in total. The van der Waals surface area contributed by atoms with Gasteiger partial charge in [-0.3, -0.25) is 0 Å². The van der Waals surface area contributed by atoms with Crippen molar-refractivity contribution in [1.82, 2.24) is 15.0 Å². The second-order valence-corrected chi connectivity index (χ2v) is 10.5. The molecule has 0 aliphatic carbocycles. The largest absolute Gasteiger partial charge is 0.476 e. The van der Waals surface area contributed by atoms with Crippen molar-refractivity contribution in [3.05, 3.63) is 81.8 Å². The molecule has 4 aromatic rings. The number of fused-ring (bicyclic) bond motifs is 1. The summed E-state index contributed by atoms with van der Waals surface area (Å²) < 4.78 is 0. The zero-order valence-corrected chi connectivity index (χ0v) is 23.5. The highest BCUT2D eigenvalue weighted by atomic mass is 35.5. The van der Waals surface area contributed by atoms with Gasteiger partial charge in [0.2, 0.25) is 0 Å². The van der Waals surface area contributed by atoms with Crippen molar-refractivity contribution in [3.63, 3.8) is 0 Å². The van der Waals surface area contributed by atoms with Crippen LogP contribution in [-0.2, 0) is 0 Å². The SMILES string of the molecule is Cc1cc([C@@H](C)Nc2ccc(Cl)nc2C(=O)O)c2nc(N3CCN(c4ccc(C#N)cc4)C(C)C3)c(C#N)nc2c1. The van der Waals surface area contributed by atoms with Gasteiger partial charge < -0.3 is 20.2 Å². The quantitative estimate of drug-likeness (QED) is 0.294. The molecule has 0 radical (unpaired) electrons. The molecule has 2 atom stereocenters. The summed E-state index contributed by atoms with van der Waals surface area (Å²) in [4.78, 5) is 29.8. The molecule has 41 heavy (non-hydrogen) atoms. The van der Waals surface area contributed by atoms with Gasteiger partial charge in [0.05, 0.1) is 34.4 Å². The molecule has 1 aliphatic heterocycles. The highest BCUT2D eigenvalue weighted by molar-refractivity contribution is 6.29. The van der Waals surface area contributed by atoms with Crippen molar-refractivity contribution in [2.45, 2.75) is 32.9 Å². The molecule has 11 heteroatoms. The number of carboxylic acids is 1. The van der Waals surface area contributed by atoms with Crippen LogP contribution in [0.4, 0.5) is 17.2 Å². The van der Waals surface area contributed by atoms with Gasteiger partial charge in [0.25, 0.3) is 0 Å². The predicted octanol–water partition coefficient (Wildman–Crippen LogP) is 5.32. The van der Waals surface area contributed by atoms with Crippen molar-refractivity contribution in [2.24, 2.45) is 0 Å². The summed E-state index contributed by atoms with van der Waals surface area (Å²) in [7, 11) is 0. The van der Waals surface area contributed by atoms with E-state index in [1.165, 1.54) is 6.07 Å². The van der Waals surface area contributed by atoms with Crippen LogP contribution >= 0.6 is 11.6 Å². The number of nitriles is 2. The monoisotopic (exact) mass is 566 g/mol. The van der Waals surface area contributed by atoms with Gasteiger partial charge >= 0.3 is 5.97 Å². The van der Waals surface area contributed by atoms with Gasteiger partial charge in [-0.1, -0.05) is 17.7 Å². The molecule has 1 saturated heterocycles. The summed E-state index contributed by atoms with van der Waals surface area (Å²) in [6.07, 6.45) is 0. The molecule has 5 rings (SSSR count). The van der Waals surface area contributed by atoms with E-state index in [-0.39, 0.29) is 28.6 Å². The number of carboxylic acid groups (broad SMARTS) is 1. The lowest BCUT2D eigenvalue weighted by molar-refractivity contribution is 0.0691. The zero-order chi connectivity index (χ0) is 29.3. The Morgan fingerprint density at radius 3 is 2.51 bits per heavy atom. The number of anilines is 3. The van der Waals surface area contributed by atoms with Gasteiger partial charge in [-0.2, -0.15) is 10.5 Å². The number of hydrogen-bond donors (Lipinski definition) is 2. The number of aromatic nitrogens is 3. The molecule has 3 heterocycles. The number of nitrogens with one attached hydrogen (secondary N) is 1. The molecular formula is C30H27ClN8O2. The van der Waals surface area contributed by atoms with E-state index >= 15 is 0 Å². The maximum atomic E-state index is 11.8. The van der Waals surface area contributed by atoms with E-state index in [1.54, 1.807) is 6.07 Å². The van der Waals surface area contributed by atoms with E-state index in [0.29, 0.717) is 47.7 Å². The predicted molar refractivity (Wildman–Crippen MR) is 157 cm³/mol. The van der Waals surface area contributed by atoms with E-state index < -0.39 is 5.97 Å². The third-order valence-electron chi connectivity index (χ3n) is 7.19. The smallest absolute Gasteiger partial charge is 0.356 e. The van der Waals surface area contributed by atoms with E-state index in [9.17, 15) is 15.2 Å². The number of pyridine rings is 1. The molecule has 2 aromatic heterocycles. The van der Waals surface area contributed by atoms with Crippen molar-refractivity contribution in [2.75, 3.05) is 34.8 Å². The second kappa shape index (κ2) is 11.3.